The lowest BCUT2D eigenvalue weighted by Crippen LogP contribution is -2.60. The molecule has 1 fully saturated rings. The van der Waals surface area contributed by atoms with Crippen LogP contribution in [0.5, 0.6) is 0 Å². The monoisotopic (exact) mass is 890 g/mol. The first-order valence-electron chi connectivity index (χ1n) is 21.3. The Labute approximate surface area is 367 Å². The molecule has 1 aliphatic rings. The van der Waals surface area contributed by atoms with E-state index in [0.29, 0.717) is 6.42 Å². The van der Waals surface area contributed by atoms with Crippen LogP contribution in [0.1, 0.15) is 108 Å². The molecule has 19 heteroatoms. The van der Waals surface area contributed by atoms with Crippen molar-refractivity contribution in [2.24, 2.45) is 23.0 Å². The number of carbonyl (C=O) groups excluding carboxylic acids is 7. The Morgan fingerprint density at radius 3 is 2.02 bits per heavy atom. The van der Waals surface area contributed by atoms with Crippen LogP contribution in [-0.2, 0) is 38.8 Å². The van der Waals surface area contributed by atoms with Crippen LogP contribution in [0, 0.1) is 17.3 Å². The van der Waals surface area contributed by atoms with E-state index in [-0.39, 0.29) is 71.3 Å². The minimum atomic E-state index is -4.41. The molecule has 1 aromatic rings. The normalized spacial score (nSPS) is 17.0. The Bertz CT molecular complexity index is 1890. The third-order valence-electron chi connectivity index (χ3n) is 10.7. The van der Waals surface area contributed by atoms with Crippen LogP contribution in [0.15, 0.2) is 40.8 Å². The number of nitrogens with two attached hydrogens (primary N) is 1. The fourth-order valence-corrected chi connectivity index (χ4v) is 8.20. The van der Waals surface area contributed by atoms with E-state index >= 15 is 0 Å². The molecule has 0 radical (unpaired) electrons. The van der Waals surface area contributed by atoms with E-state index in [0.717, 1.165) is 19.4 Å². The standard InChI is InChI=1S/C43H71N9O9S/c1-25(2)34(51(12)41(58)36(43(9,10)11)49-39(56)33-17-13-14-23-52(33)27(5)6)24-28(7)37(54)50-62(60,61)31-20-18-30(19-21-31)47-38(55)32(16-15-22-45-42(44)59)48-40(57)35(26(3)4)46-29(8)53/h18-21,24-27,32-36H,13-17,22-23H2,1-12H3,(H,46,53)(H,47,55)(H,48,57)(H,49,56)(H,50,54)(H3,44,45,59)/b28-24+/t32-,33+,34+,35-,36+/m0/s1. The Morgan fingerprint density at radius 2 is 1.50 bits per heavy atom. The summed E-state index contributed by atoms with van der Waals surface area (Å²) in [6.45, 7) is 20.6. The molecule has 0 spiro atoms. The summed E-state index contributed by atoms with van der Waals surface area (Å²) >= 11 is 0. The van der Waals surface area contributed by atoms with Gasteiger partial charge in [-0.1, -0.05) is 61.0 Å². The van der Waals surface area contributed by atoms with Crippen LogP contribution < -0.4 is 37.0 Å². The number of piperidine rings is 1. The van der Waals surface area contributed by atoms with Crippen LogP contribution in [-0.4, -0.2) is 116 Å². The molecule has 0 saturated carbocycles. The number of amides is 8. The number of rotatable bonds is 20. The zero-order chi connectivity index (χ0) is 47.3. The first-order chi connectivity index (χ1) is 28.7. The van der Waals surface area contributed by atoms with Gasteiger partial charge in [-0.25, -0.2) is 17.9 Å². The van der Waals surface area contributed by atoms with Crippen LogP contribution in [0.2, 0.25) is 0 Å². The maximum Gasteiger partial charge on any atom is 0.312 e. The number of nitrogens with zero attached hydrogens (tertiary/aromatic N) is 2. The molecule has 8 amide bonds. The number of urea groups is 1. The van der Waals surface area contributed by atoms with Crippen LogP contribution in [0.4, 0.5) is 10.5 Å². The lowest BCUT2D eigenvalue weighted by atomic mass is 9.84. The van der Waals surface area contributed by atoms with Crippen LogP contribution in [0.25, 0.3) is 0 Å². The van der Waals surface area contributed by atoms with Crippen molar-refractivity contribution >= 4 is 57.2 Å². The van der Waals surface area contributed by atoms with Crippen molar-refractivity contribution in [3.05, 3.63) is 35.9 Å². The molecule has 348 valence electrons. The van der Waals surface area contributed by atoms with E-state index in [4.69, 9.17) is 5.73 Å². The molecular weight excluding hydrogens is 819 g/mol. The van der Waals surface area contributed by atoms with Crippen LogP contribution in [0.3, 0.4) is 0 Å². The smallest absolute Gasteiger partial charge is 0.312 e. The Morgan fingerprint density at radius 1 is 0.887 bits per heavy atom. The highest BCUT2D eigenvalue weighted by atomic mass is 32.2. The summed E-state index contributed by atoms with van der Waals surface area (Å²) in [6.07, 6.45) is 4.50. The van der Waals surface area contributed by atoms with Crippen molar-refractivity contribution < 1.29 is 42.0 Å². The first kappa shape index (κ1) is 53.1. The van der Waals surface area contributed by atoms with E-state index in [9.17, 15) is 42.0 Å². The number of likely N-dealkylation sites (tertiary alicyclic amines) is 1. The van der Waals surface area contributed by atoms with Gasteiger partial charge in [0.25, 0.3) is 15.9 Å². The number of benzene rings is 1. The molecule has 62 heavy (non-hydrogen) atoms. The van der Waals surface area contributed by atoms with Crippen molar-refractivity contribution in [1.29, 1.82) is 0 Å². The fourth-order valence-electron chi connectivity index (χ4n) is 7.18. The number of hydrogen-bond donors (Lipinski definition) is 7. The van der Waals surface area contributed by atoms with Gasteiger partial charge in [-0.15, -0.1) is 0 Å². The zero-order valence-corrected chi connectivity index (χ0v) is 39.3. The Balaban J connectivity index is 2.24. The molecule has 8 N–H and O–H groups in total. The topological polar surface area (TPSA) is 258 Å². The minimum Gasteiger partial charge on any atom is -0.352 e. The number of likely N-dealkylation sites (N-methyl/N-ethyl adjacent to an activating group) is 1. The second kappa shape index (κ2) is 23.4. The first-order valence-corrected chi connectivity index (χ1v) is 22.8. The van der Waals surface area contributed by atoms with Crippen molar-refractivity contribution in [2.45, 2.75) is 149 Å². The summed E-state index contributed by atoms with van der Waals surface area (Å²) in [5.41, 5.74) is 4.70. The van der Waals surface area contributed by atoms with Gasteiger partial charge in [-0.3, -0.25) is 33.7 Å². The average Bonchev–Trinajstić information content (AvgIpc) is 3.17. The summed E-state index contributed by atoms with van der Waals surface area (Å²) in [4.78, 5) is 94.0. The highest BCUT2D eigenvalue weighted by molar-refractivity contribution is 7.90. The van der Waals surface area contributed by atoms with Gasteiger partial charge >= 0.3 is 6.03 Å². The third kappa shape index (κ3) is 16.0. The van der Waals surface area contributed by atoms with Gasteiger partial charge in [0.1, 0.15) is 18.1 Å². The molecule has 1 saturated heterocycles. The summed E-state index contributed by atoms with van der Waals surface area (Å²) in [6, 6.07) is 0.525. The molecule has 18 nitrogen and oxygen atoms in total. The average molecular weight is 890 g/mol. The minimum absolute atomic E-state index is 0.0410. The van der Waals surface area contributed by atoms with E-state index in [1.165, 1.54) is 49.1 Å². The predicted octanol–water partition coefficient (Wildman–Crippen LogP) is 2.75. The molecule has 0 unspecified atom stereocenters. The van der Waals surface area contributed by atoms with Crippen molar-refractivity contribution in [2.75, 3.05) is 25.5 Å². The predicted molar refractivity (Wildman–Crippen MR) is 238 cm³/mol. The number of carbonyl (C=O) groups is 7. The number of nitrogens with one attached hydrogen (secondary N) is 6. The number of anilines is 1. The number of hydrogen-bond acceptors (Lipinski definition) is 10. The Kier molecular flexibility index (Phi) is 20.1. The van der Waals surface area contributed by atoms with Gasteiger partial charge in [0.2, 0.25) is 29.5 Å². The third-order valence-corrected chi connectivity index (χ3v) is 12.1. The van der Waals surface area contributed by atoms with E-state index in [1.54, 1.807) is 20.9 Å². The largest absolute Gasteiger partial charge is 0.352 e. The van der Waals surface area contributed by atoms with Crippen molar-refractivity contribution in [1.82, 2.24) is 35.8 Å². The van der Waals surface area contributed by atoms with Crippen molar-refractivity contribution in [3.63, 3.8) is 0 Å². The summed E-state index contributed by atoms with van der Waals surface area (Å²) in [7, 11) is -2.81. The van der Waals surface area contributed by atoms with Gasteiger partial charge in [-0.2, -0.15) is 0 Å². The highest BCUT2D eigenvalue weighted by Gasteiger charge is 2.40. The second-order valence-corrected chi connectivity index (χ2v) is 19.7. The lowest BCUT2D eigenvalue weighted by Gasteiger charge is -2.41. The summed E-state index contributed by atoms with van der Waals surface area (Å²) in [5.74, 6) is -3.63. The highest BCUT2D eigenvalue weighted by Crippen LogP contribution is 2.26. The van der Waals surface area contributed by atoms with Gasteiger partial charge in [-0.05, 0) is 94.5 Å². The lowest BCUT2D eigenvalue weighted by molar-refractivity contribution is -0.142. The SMILES string of the molecule is CC(=O)N[C@H](C(=O)N[C@@H](CCCNC(N)=O)C(=O)Nc1ccc(S(=O)(=O)NC(=O)/C(C)=C/[C@H](C(C)C)N(C)C(=O)[C@@H](NC(=O)[C@H]2CCCCN2C(C)C)C(C)(C)C)cc1)C(C)C. The molecule has 0 aliphatic carbocycles. The van der Waals surface area contributed by atoms with E-state index < -0.39 is 69.3 Å². The van der Waals surface area contributed by atoms with Gasteiger partial charge in [0.15, 0.2) is 0 Å². The summed E-state index contributed by atoms with van der Waals surface area (Å²) < 4.78 is 28.9. The maximum absolute atomic E-state index is 14.2. The second-order valence-electron chi connectivity index (χ2n) is 18.0. The van der Waals surface area contributed by atoms with Crippen molar-refractivity contribution in [3.8, 4) is 0 Å². The van der Waals surface area contributed by atoms with Gasteiger partial charge in [0.05, 0.1) is 17.0 Å². The maximum atomic E-state index is 14.2. The van der Waals surface area contributed by atoms with E-state index in [2.05, 4.69) is 50.1 Å². The number of sulfonamides is 1. The van der Waals surface area contributed by atoms with Gasteiger partial charge < -0.3 is 37.2 Å². The molecule has 5 atom stereocenters. The molecule has 0 aromatic heterocycles. The molecule has 1 heterocycles. The molecule has 0 bridgehead atoms. The van der Waals surface area contributed by atoms with Crippen LogP contribution >= 0.6 is 0 Å². The molecular formula is C43H71N9O9S. The summed E-state index contributed by atoms with van der Waals surface area (Å²) in [5, 5.41) is 13.3. The number of primary amides is 1. The quantitative estimate of drug-likeness (QED) is 0.0744. The fraction of sp³-hybridized carbons (Fsp3) is 0.651. The van der Waals surface area contributed by atoms with E-state index in [1.807, 2.05) is 34.6 Å². The molecule has 2 rings (SSSR count). The zero-order valence-electron chi connectivity index (χ0n) is 38.5. The molecule has 1 aliphatic heterocycles. The Hall–Kier alpha value is -5.04. The molecule has 1 aromatic carbocycles. The van der Waals surface area contributed by atoms with Gasteiger partial charge in [0, 0.05) is 37.8 Å².